The van der Waals surface area contributed by atoms with E-state index >= 15 is 0 Å². The molecule has 1 amide bonds. The minimum atomic E-state index is -0.396. The molecule has 3 rings (SSSR count). The number of carbonyl (C=O) groups excluding carboxylic acids is 1. The summed E-state index contributed by atoms with van der Waals surface area (Å²) in [7, 11) is 0. The average molecular weight is 322 g/mol. The first-order valence-electron chi connectivity index (χ1n) is 9.66. The molecule has 0 aromatic rings. The van der Waals surface area contributed by atoms with Crippen LogP contribution in [0.5, 0.6) is 0 Å². The number of ether oxygens (including phenoxy) is 1. The maximum atomic E-state index is 12.2. The van der Waals surface area contributed by atoms with Crippen molar-refractivity contribution in [3.63, 3.8) is 0 Å². The van der Waals surface area contributed by atoms with Gasteiger partial charge in [-0.15, -0.1) is 0 Å². The van der Waals surface area contributed by atoms with Crippen LogP contribution >= 0.6 is 0 Å². The van der Waals surface area contributed by atoms with E-state index in [1.807, 2.05) is 25.7 Å². The van der Waals surface area contributed by atoms with Crippen molar-refractivity contribution in [1.29, 1.82) is 0 Å². The van der Waals surface area contributed by atoms with E-state index < -0.39 is 5.60 Å². The Morgan fingerprint density at radius 3 is 2.26 bits per heavy atom. The second-order valence-corrected chi connectivity index (χ2v) is 8.71. The van der Waals surface area contributed by atoms with E-state index in [0.717, 1.165) is 44.1 Å². The summed E-state index contributed by atoms with van der Waals surface area (Å²) in [5, 5.41) is 0. The second kappa shape index (κ2) is 7.00. The predicted octanol–water partition coefficient (Wildman–Crippen LogP) is 3.90. The lowest BCUT2D eigenvalue weighted by atomic mass is 9.68. The van der Waals surface area contributed by atoms with Gasteiger partial charge in [0.25, 0.3) is 0 Å². The highest BCUT2D eigenvalue weighted by atomic mass is 16.6. The fourth-order valence-corrected chi connectivity index (χ4v) is 4.92. The Hall–Kier alpha value is -0.770. The van der Waals surface area contributed by atoms with Crippen LogP contribution in [0.25, 0.3) is 0 Å². The van der Waals surface area contributed by atoms with Crippen molar-refractivity contribution in [3.05, 3.63) is 0 Å². The van der Waals surface area contributed by atoms with Crippen molar-refractivity contribution in [2.45, 2.75) is 77.4 Å². The topological polar surface area (TPSA) is 32.8 Å². The van der Waals surface area contributed by atoms with Crippen molar-refractivity contribution in [2.24, 2.45) is 11.8 Å². The zero-order chi connectivity index (χ0) is 16.4. The lowest BCUT2D eigenvalue weighted by Crippen LogP contribution is -2.56. The number of rotatable bonds is 1. The summed E-state index contributed by atoms with van der Waals surface area (Å²) >= 11 is 0. The summed E-state index contributed by atoms with van der Waals surface area (Å²) in [4.78, 5) is 16.8. The van der Waals surface area contributed by atoms with Gasteiger partial charge in [-0.25, -0.2) is 4.79 Å². The van der Waals surface area contributed by atoms with E-state index in [-0.39, 0.29) is 6.09 Å². The van der Waals surface area contributed by atoms with Gasteiger partial charge in [-0.2, -0.15) is 0 Å². The Labute approximate surface area is 141 Å². The number of nitrogens with zero attached hydrogens (tertiary/aromatic N) is 2. The van der Waals surface area contributed by atoms with Crippen LogP contribution < -0.4 is 0 Å². The molecule has 0 N–H and O–H groups in total. The third-order valence-corrected chi connectivity index (χ3v) is 5.97. The third-order valence-electron chi connectivity index (χ3n) is 5.97. The van der Waals surface area contributed by atoms with Crippen LogP contribution in [0.15, 0.2) is 0 Å². The minimum Gasteiger partial charge on any atom is -0.444 e. The molecule has 0 radical (unpaired) electrons. The lowest BCUT2D eigenvalue weighted by Gasteiger charge is -2.48. The number of carbonyl (C=O) groups is 1. The van der Waals surface area contributed by atoms with Crippen molar-refractivity contribution in [3.8, 4) is 0 Å². The van der Waals surface area contributed by atoms with Gasteiger partial charge in [0.1, 0.15) is 5.60 Å². The van der Waals surface area contributed by atoms with Crippen molar-refractivity contribution < 1.29 is 9.53 Å². The molecule has 3 fully saturated rings. The molecule has 0 bridgehead atoms. The molecule has 4 nitrogen and oxygen atoms in total. The van der Waals surface area contributed by atoms with Gasteiger partial charge < -0.3 is 9.64 Å². The minimum absolute atomic E-state index is 0.142. The van der Waals surface area contributed by atoms with Crippen LogP contribution in [0, 0.1) is 11.8 Å². The van der Waals surface area contributed by atoms with E-state index in [4.69, 9.17) is 4.74 Å². The molecule has 2 aliphatic carbocycles. The van der Waals surface area contributed by atoms with Crippen LogP contribution in [-0.2, 0) is 4.74 Å². The molecular weight excluding hydrogens is 288 g/mol. The number of hydrogen-bond donors (Lipinski definition) is 0. The van der Waals surface area contributed by atoms with E-state index in [2.05, 4.69) is 4.90 Å². The second-order valence-electron chi connectivity index (χ2n) is 8.71. The molecule has 4 heteroatoms. The van der Waals surface area contributed by atoms with Crippen LogP contribution in [0.1, 0.15) is 65.7 Å². The summed E-state index contributed by atoms with van der Waals surface area (Å²) in [6, 6.07) is 0.773. The van der Waals surface area contributed by atoms with Crippen molar-refractivity contribution in [1.82, 2.24) is 9.80 Å². The monoisotopic (exact) mass is 322 g/mol. The van der Waals surface area contributed by atoms with E-state index in [1.54, 1.807) is 0 Å². The molecule has 1 aliphatic heterocycles. The lowest BCUT2D eigenvalue weighted by molar-refractivity contribution is -0.00899. The van der Waals surface area contributed by atoms with Gasteiger partial charge in [0.2, 0.25) is 0 Å². The molecule has 0 aromatic carbocycles. The highest BCUT2D eigenvalue weighted by Gasteiger charge is 2.39. The van der Waals surface area contributed by atoms with E-state index in [9.17, 15) is 4.79 Å². The summed E-state index contributed by atoms with van der Waals surface area (Å²) < 4.78 is 5.51. The van der Waals surface area contributed by atoms with Gasteiger partial charge in [0.05, 0.1) is 0 Å². The molecule has 0 aromatic heterocycles. The van der Waals surface area contributed by atoms with Crippen LogP contribution in [0.3, 0.4) is 0 Å². The van der Waals surface area contributed by atoms with Crippen LogP contribution in [-0.4, -0.2) is 53.7 Å². The summed E-state index contributed by atoms with van der Waals surface area (Å²) in [6.07, 6.45) is 9.85. The highest BCUT2D eigenvalue weighted by molar-refractivity contribution is 5.68. The molecule has 1 saturated heterocycles. The number of hydrogen-bond acceptors (Lipinski definition) is 3. The van der Waals surface area contributed by atoms with Crippen molar-refractivity contribution in [2.75, 3.05) is 26.2 Å². The summed E-state index contributed by atoms with van der Waals surface area (Å²) in [5.41, 5.74) is -0.396. The Kier molecular flexibility index (Phi) is 5.19. The number of amides is 1. The number of fused-ring (bicyclic) bond motifs is 1. The Morgan fingerprint density at radius 2 is 1.57 bits per heavy atom. The predicted molar refractivity (Wildman–Crippen MR) is 92.5 cm³/mol. The first kappa shape index (κ1) is 17.1. The quantitative estimate of drug-likeness (QED) is 0.734. The SMILES string of the molecule is CC(C)(C)OC(=O)N1CCN(C2CCCC3CCCCC32)CC1. The van der Waals surface area contributed by atoms with Gasteiger partial charge in [-0.05, 0) is 45.4 Å². The zero-order valence-corrected chi connectivity index (χ0v) is 15.2. The largest absolute Gasteiger partial charge is 0.444 e. The maximum absolute atomic E-state index is 12.2. The highest BCUT2D eigenvalue weighted by Crippen LogP contribution is 2.42. The molecular formula is C19H34N2O2. The van der Waals surface area contributed by atoms with Gasteiger partial charge in [0.15, 0.2) is 0 Å². The Morgan fingerprint density at radius 1 is 0.913 bits per heavy atom. The van der Waals surface area contributed by atoms with Gasteiger partial charge in [-0.3, -0.25) is 4.90 Å². The summed E-state index contributed by atoms with van der Waals surface area (Å²) in [6.45, 7) is 9.50. The van der Waals surface area contributed by atoms with Gasteiger partial charge in [0, 0.05) is 32.2 Å². The van der Waals surface area contributed by atoms with E-state index in [1.165, 1.54) is 44.9 Å². The average Bonchev–Trinajstić information content (AvgIpc) is 2.53. The normalized spacial score (nSPS) is 33.2. The van der Waals surface area contributed by atoms with E-state index in [0.29, 0.717) is 0 Å². The maximum Gasteiger partial charge on any atom is 0.410 e. The smallest absolute Gasteiger partial charge is 0.410 e. The molecule has 3 atom stereocenters. The van der Waals surface area contributed by atoms with Gasteiger partial charge in [-0.1, -0.05) is 32.1 Å². The standard InChI is InChI=1S/C19H34N2O2/c1-19(2,3)23-18(22)21-13-11-20(12-14-21)17-10-6-8-15-7-4-5-9-16(15)17/h15-17H,4-14H2,1-3H3. The fraction of sp³-hybridized carbons (Fsp3) is 0.947. The van der Waals surface area contributed by atoms with Crippen LogP contribution in [0.2, 0.25) is 0 Å². The Balaban J connectivity index is 1.53. The molecule has 3 unspecified atom stereocenters. The first-order valence-corrected chi connectivity index (χ1v) is 9.66. The van der Waals surface area contributed by atoms with Gasteiger partial charge >= 0.3 is 6.09 Å². The van der Waals surface area contributed by atoms with Crippen molar-refractivity contribution >= 4 is 6.09 Å². The first-order chi connectivity index (χ1) is 10.9. The molecule has 2 saturated carbocycles. The molecule has 0 spiro atoms. The molecule has 1 heterocycles. The summed E-state index contributed by atoms with van der Waals surface area (Å²) in [5.74, 6) is 1.90. The zero-order valence-electron chi connectivity index (χ0n) is 15.2. The molecule has 3 aliphatic rings. The number of piperazine rings is 1. The Bertz CT molecular complexity index is 408. The van der Waals surface area contributed by atoms with Crippen LogP contribution in [0.4, 0.5) is 4.79 Å². The third kappa shape index (κ3) is 4.20. The fourth-order valence-electron chi connectivity index (χ4n) is 4.92. The molecule has 23 heavy (non-hydrogen) atoms. The molecule has 132 valence electrons.